The summed E-state index contributed by atoms with van der Waals surface area (Å²) in [6.07, 6.45) is -0.587. The monoisotopic (exact) mass is 232 g/mol. The highest BCUT2D eigenvalue weighted by molar-refractivity contribution is 5.89. The molecule has 0 aromatic heterocycles. The quantitative estimate of drug-likeness (QED) is 0.794. The Morgan fingerprint density at radius 1 is 1.59 bits per heavy atom. The standard InChI is InChI=1S/C12H12N2O3/c1-7-11(6-13)17-10-5-8(12(15)16)3-4-9(10)14(7)2/h3-5,7,11H,1-2H3,(H,15,16). The number of fused-ring (bicyclic) bond motifs is 1. The fourth-order valence-corrected chi connectivity index (χ4v) is 1.82. The molecule has 1 heterocycles. The Balaban J connectivity index is 2.46. The van der Waals surface area contributed by atoms with Crippen molar-refractivity contribution >= 4 is 11.7 Å². The lowest BCUT2D eigenvalue weighted by molar-refractivity contribution is 0.0696. The minimum atomic E-state index is -1.01. The number of benzene rings is 1. The highest BCUT2D eigenvalue weighted by Gasteiger charge is 2.30. The van der Waals surface area contributed by atoms with Crippen LogP contribution in [0.2, 0.25) is 0 Å². The first-order valence-electron chi connectivity index (χ1n) is 5.21. The van der Waals surface area contributed by atoms with E-state index >= 15 is 0 Å². The van der Waals surface area contributed by atoms with E-state index < -0.39 is 12.1 Å². The maximum Gasteiger partial charge on any atom is 0.335 e. The largest absolute Gasteiger partial charge is 0.478 e. The van der Waals surface area contributed by atoms with Gasteiger partial charge in [0.1, 0.15) is 11.8 Å². The lowest BCUT2D eigenvalue weighted by atomic mass is 10.1. The van der Waals surface area contributed by atoms with Crippen LogP contribution < -0.4 is 9.64 Å². The molecular weight excluding hydrogens is 220 g/mol. The van der Waals surface area contributed by atoms with Crippen LogP contribution >= 0.6 is 0 Å². The molecule has 2 unspecified atom stereocenters. The number of ether oxygens (including phenoxy) is 1. The lowest BCUT2D eigenvalue weighted by Gasteiger charge is -2.36. The molecule has 5 nitrogen and oxygen atoms in total. The molecule has 1 N–H and O–H groups in total. The molecule has 0 radical (unpaired) electrons. The number of carbonyl (C=O) groups is 1. The van der Waals surface area contributed by atoms with Gasteiger partial charge in [-0.05, 0) is 25.1 Å². The van der Waals surface area contributed by atoms with Gasteiger partial charge in [0.2, 0.25) is 6.10 Å². The predicted molar refractivity (Wildman–Crippen MR) is 61.3 cm³/mol. The summed E-state index contributed by atoms with van der Waals surface area (Å²) >= 11 is 0. The zero-order valence-corrected chi connectivity index (χ0v) is 9.54. The molecule has 0 saturated carbocycles. The van der Waals surface area contributed by atoms with Crippen molar-refractivity contribution in [2.24, 2.45) is 0 Å². The molecular formula is C12H12N2O3. The average Bonchev–Trinajstić information content (AvgIpc) is 2.33. The SMILES string of the molecule is CC1C(C#N)Oc2cc(C(=O)O)ccc2N1C. The Labute approximate surface area is 98.8 Å². The van der Waals surface area contributed by atoms with Gasteiger partial charge in [-0.2, -0.15) is 5.26 Å². The molecule has 88 valence electrons. The number of nitrogens with zero attached hydrogens (tertiary/aromatic N) is 2. The second-order valence-corrected chi connectivity index (χ2v) is 4.01. The van der Waals surface area contributed by atoms with Gasteiger partial charge in [0.05, 0.1) is 17.3 Å². The van der Waals surface area contributed by atoms with E-state index in [1.807, 2.05) is 18.9 Å². The lowest BCUT2D eigenvalue weighted by Crippen LogP contribution is -2.45. The molecule has 1 aromatic carbocycles. The zero-order chi connectivity index (χ0) is 12.6. The summed E-state index contributed by atoms with van der Waals surface area (Å²) in [7, 11) is 1.86. The summed E-state index contributed by atoms with van der Waals surface area (Å²) in [5.74, 6) is -0.566. The van der Waals surface area contributed by atoms with Crippen LogP contribution in [0.1, 0.15) is 17.3 Å². The van der Waals surface area contributed by atoms with Crippen LogP contribution in [-0.2, 0) is 0 Å². The first-order chi connectivity index (χ1) is 8.04. The number of likely N-dealkylation sites (N-methyl/N-ethyl adjacent to an activating group) is 1. The van der Waals surface area contributed by atoms with Crippen molar-refractivity contribution in [2.45, 2.75) is 19.1 Å². The van der Waals surface area contributed by atoms with Crippen LogP contribution in [0.15, 0.2) is 18.2 Å². The van der Waals surface area contributed by atoms with Crippen molar-refractivity contribution in [3.8, 4) is 11.8 Å². The van der Waals surface area contributed by atoms with Gasteiger partial charge in [-0.15, -0.1) is 0 Å². The number of carboxylic acids is 1. The summed E-state index contributed by atoms with van der Waals surface area (Å²) in [5, 5.41) is 17.9. The maximum atomic E-state index is 10.8. The molecule has 1 aliphatic rings. The van der Waals surface area contributed by atoms with Gasteiger partial charge < -0.3 is 14.7 Å². The van der Waals surface area contributed by atoms with Crippen molar-refractivity contribution in [3.05, 3.63) is 23.8 Å². The molecule has 0 bridgehead atoms. The molecule has 1 aromatic rings. The third kappa shape index (κ3) is 1.78. The van der Waals surface area contributed by atoms with E-state index in [1.165, 1.54) is 12.1 Å². The second kappa shape index (κ2) is 3.98. The fourth-order valence-electron chi connectivity index (χ4n) is 1.82. The Morgan fingerprint density at radius 3 is 2.88 bits per heavy atom. The van der Waals surface area contributed by atoms with Crippen molar-refractivity contribution in [3.63, 3.8) is 0 Å². The molecule has 0 fully saturated rings. The summed E-state index contributed by atoms with van der Waals surface area (Å²) in [5.41, 5.74) is 0.956. The van der Waals surface area contributed by atoms with Gasteiger partial charge in [-0.3, -0.25) is 0 Å². The Morgan fingerprint density at radius 2 is 2.29 bits per heavy atom. The third-order valence-electron chi connectivity index (χ3n) is 3.02. The Kier molecular flexibility index (Phi) is 2.64. The van der Waals surface area contributed by atoms with Crippen molar-refractivity contribution in [1.82, 2.24) is 0 Å². The van der Waals surface area contributed by atoms with Crippen molar-refractivity contribution in [1.29, 1.82) is 5.26 Å². The first-order valence-corrected chi connectivity index (χ1v) is 5.21. The number of rotatable bonds is 1. The van der Waals surface area contributed by atoms with Crippen molar-refractivity contribution < 1.29 is 14.6 Å². The van der Waals surface area contributed by atoms with Crippen molar-refractivity contribution in [2.75, 3.05) is 11.9 Å². The topological polar surface area (TPSA) is 73.6 Å². The number of carboxylic acid groups (broad SMARTS) is 1. The molecule has 17 heavy (non-hydrogen) atoms. The normalized spacial score (nSPS) is 22.3. The maximum absolute atomic E-state index is 10.8. The molecule has 2 rings (SSSR count). The van der Waals surface area contributed by atoms with Gasteiger partial charge in [0, 0.05) is 7.05 Å². The van der Waals surface area contributed by atoms with Gasteiger partial charge in [0.15, 0.2) is 0 Å². The van der Waals surface area contributed by atoms with Gasteiger partial charge >= 0.3 is 5.97 Å². The minimum absolute atomic E-state index is 0.0665. The summed E-state index contributed by atoms with van der Waals surface area (Å²) < 4.78 is 5.49. The van der Waals surface area contributed by atoms with Crippen LogP contribution in [0, 0.1) is 11.3 Å². The highest BCUT2D eigenvalue weighted by Crippen LogP contribution is 2.35. The van der Waals surface area contributed by atoms with Crippen LogP contribution in [0.5, 0.6) is 5.75 Å². The molecule has 2 atom stereocenters. The highest BCUT2D eigenvalue weighted by atomic mass is 16.5. The molecule has 0 aliphatic carbocycles. The van der Waals surface area contributed by atoms with Crippen LogP contribution in [0.25, 0.3) is 0 Å². The number of anilines is 1. The first kappa shape index (κ1) is 11.3. The molecule has 1 aliphatic heterocycles. The van der Waals surface area contributed by atoms with E-state index in [0.717, 1.165) is 5.69 Å². The number of aromatic carboxylic acids is 1. The second-order valence-electron chi connectivity index (χ2n) is 4.01. The van der Waals surface area contributed by atoms with Crippen LogP contribution in [-0.4, -0.2) is 30.3 Å². The number of hydrogen-bond donors (Lipinski definition) is 1. The van der Waals surface area contributed by atoms with Gasteiger partial charge in [-0.1, -0.05) is 0 Å². The Hall–Kier alpha value is -2.22. The van der Waals surface area contributed by atoms with E-state index in [9.17, 15) is 4.79 Å². The predicted octanol–water partition coefficient (Wildman–Crippen LogP) is 1.49. The van der Waals surface area contributed by atoms with Crippen LogP contribution in [0.4, 0.5) is 5.69 Å². The summed E-state index contributed by atoms with van der Waals surface area (Å²) in [6.45, 7) is 1.89. The van der Waals surface area contributed by atoms with Gasteiger partial charge in [0.25, 0.3) is 0 Å². The number of nitriles is 1. The average molecular weight is 232 g/mol. The number of hydrogen-bond acceptors (Lipinski definition) is 4. The smallest absolute Gasteiger partial charge is 0.335 e. The molecule has 0 amide bonds. The minimum Gasteiger partial charge on any atom is -0.478 e. The van der Waals surface area contributed by atoms with E-state index in [4.69, 9.17) is 15.1 Å². The van der Waals surface area contributed by atoms with E-state index in [-0.39, 0.29) is 11.6 Å². The molecule has 0 saturated heterocycles. The molecule has 0 spiro atoms. The zero-order valence-electron chi connectivity index (χ0n) is 9.54. The summed E-state index contributed by atoms with van der Waals surface area (Å²) in [6, 6.07) is 6.67. The molecule has 5 heteroatoms. The third-order valence-corrected chi connectivity index (χ3v) is 3.02. The van der Waals surface area contributed by atoms with Crippen LogP contribution in [0.3, 0.4) is 0 Å². The van der Waals surface area contributed by atoms with E-state index in [2.05, 4.69) is 6.07 Å². The van der Waals surface area contributed by atoms with E-state index in [0.29, 0.717) is 5.75 Å². The van der Waals surface area contributed by atoms with E-state index in [1.54, 1.807) is 6.07 Å². The Bertz CT molecular complexity index is 507. The fraction of sp³-hybridized carbons (Fsp3) is 0.333. The van der Waals surface area contributed by atoms with Gasteiger partial charge in [-0.25, -0.2) is 4.79 Å². The summed E-state index contributed by atoms with van der Waals surface area (Å²) in [4.78, 5) is 12.8.